The van der Waals surface area contributed by atoms with Crippen LogP contribution in [0, 0.1) is 0 Å². The van der Waals surface area contributed by atoms with Gasteiger partial charge in [0.2, 0.25) is 0 Å². The summed E-state index contributed by atoms with van der Waals surface area (Å²) in [6.07, 6.45) is 6.23. The third kappa shape index (κ3) is 3.75. The van der Waals surface area contributed by atoms with E-state index in [4.69, 9.17) is 0 Å². The van der Waals surface area contributed by atoms with E-state index in [1.165, 1.54) is 6.42 Å². The second kappa shape index (κ2) is 4.76. The summed E-state index contributed by atoms with van der Waals surface area (Å²) in [5.41, 5.74) is 0. The van der Waals surface area contributed by atoms with E-state index in [0.717, 1.165) is 0 Å². The Labute approximate surface area is 110 Å². The zero-order chi connectivity index (χ0) is 10.3. The minimum absolute atomic E-state index is 0. The summed E-state index contributed by atoms with van der Waals surface area (Å²) >= 11 is 0. The molecule has 0 aromatic carbocycles. The number of allylic oxidation sites excluding steroid dienone is 4. The van der Waals surface area contributed by atoms with Gasteiger partial charge in [-0.1, -0.05) is 61.8 Å². The minimum Gasteiger partial charge on any atom is -0.0816 e. The predicted octanol–water partition coefficient (Wildman–Crippen LogP) is 4.00. The van der Waals surface area contributed by atoms with E-state index in [9.17, 15) is 0 Å². The molecule has 0 saturated heterocycles. The Morgan fingerprint density at radius 3 is 1.64 bits per heavy atom. The SMILES string of the molecule is C[Si](C)(C)C1=CCC([Si](C)(C)C)=C1.[Zr]. The molecule has 0 atom stereocenters. The van der Waals surface area contributed by atoms with E-state index in [0.29, 0.717) is 0 Å². The molecule has 1 aliphatic rings. The summed E-state index contributed by atoms with van der Waals surface area (Å²) < 4.78 is 0. The molecule has 0 aliphatic heterocycles. The van der Waals surface area contributed by atoms with Gasteiger partial charge in [0.15, 0.2) is 0 Å². The van der Waals surface area contributed by atoms with Crippen LogP contribution in [0.3, 0.4) is 0 Å². The van der Waals surface area contributed by atoms with Gasteiger partial charge in [0.05, 0.1) is 16.1 Å². The standard InChI is InChI=1S/C11H22Si2.Zr/c1-12(2,3)10-7-8-11(9-10)13(4,5)6;/h7,9H,8H2,1-6H3;. The smallest absolute Gasteiger partial charge is 0.0771 e. The summed E-state index contributed by atoms with van der Waals surface area (Å²) in [6.45, 7) is 14.6. The van der Waals surface area contributed by atoms with E-state index in [1.54, 1.807) is 10.4 Å². The molecule has 3 heteroatoms. The van der Waals surface area contributed by atoms with E-state index in [1.807, 2.05) is 0 Å². The third-order valence-electron chi connectivity index (χ3n) is 2.70. The van der Waals surface area contributed by atoms with E-state index >= 15 is 0 Å². The molecule has 0 nitrogen and oxygen atoms in total. The van der Waals surface area contributed by atoms with Gasteiger partial charge in [-0.2, -0.15) is 0 Å². The van der Waals surface area contributed by atoms with Crippen molar-refractivity contribution in [1.82, 2.24) is 0 Å². The Kier molecular flexibility index (Phi) is 5.03. The topological polar surface area (TPSA) is 0 Å². The van der Waals surface area contributed by atoms with Crippen LogP contribution in [0.2, 0.25) is 39.3 Å². The average molecular weight is 302 g/mol. The van der Waals surface area contributed by atoms with E-state index in [-0.39, 0.29) is 26.2 Å². The van der Waals surface area contributed by atoms with Crippen LogP contribution in [0.1, 0.15) is 6.42 Å². The van der Waals surface area contributed by atoms with Crippen LogP contribution in [0.25, 0.3) is 0 Å². The molecule has 0 aromatic heterocycles. The fourth-order valence-corrected chi connectivity index (χ4v) is 4.34. The molecule has 0 amide bonds. The molecule has 1 aliphatic carbocycles. The molecule has 0 N–H and O–H groups in total. The Morgan fingerprint density at radius 2 is 1.43 bits per heavy atom. The second-order valence-corrected chi connectivity index (χ2v) is 16.3. The second-order valence-electron chi connectivity index (χ2n) is 6.03. The van der Waals surface area contributed by atoms with Crippen molar-refractivity contribution in [1.29, 1.82) is 0 Å². The summed E-state index contributed by atoms with van der Waals surface area (Å²) in [7, 11) is -2.05. The van der Waals surface area contributed by atoms with E-state index < -0.39 is 16.1 Å². The molecule has 0 radical (unpaired) electrons. The van der Waals surface area contributed by atoms with Gasteiger partial charge in [0.25, 0.3) is 0 Å². The maximum absolute atomic E-state index is 2.51. The average Bonchev–Trinajstić information content (AvgIpc) is 2.28. The van der Waals surface area contributed by atoms with Crippen molar-refractivity contribution in [2.75, 3.05) is 0 Å². The van der Waals surface area contributed by atoms with Crippen molar-refractivity contribution in [3.05, 3.63) is 22.5 Å². The van der Waals surface area contributed by atoms with Crippen LogP contribution in [0.15, 0.2) is 22.5 Å². The minimum atomic E-state index is -1.04. The van der Waals surface area contributed by atoms with Crippen LogP contribution in [0.4, 0.5) is 0 Å². The van der Waals surface area contributed by atoms with Crippen LogP contribution >= 0.6 is 0 Å². The van der Waals surface area contributed by atoms with Gasteiger partial charge in [-0.05, 0) is 6.42 Å². The van der Waals surface area contributed by atoms with Gasteiger partial charge in [-0.25, -0.2) is 0 Å². The molecule has 0 heterocycles. The first kappa shape index (κ1) is 14.8. The van der Waals surface area contributed by atoms with Crippen molar-refractivity contribution >= 4 is 16.1 Å². The molecule has 0 saturated carbocycles. The van der Waals surface area contributed by atoms with Gasteiger partial charge >= 0.3 is 0 Å². The van der Waals surface area contributed by atoms with Crippen LogP contribution in [-0.4, -0.2) is 16.1 Å². The molecule has 0 aromatic rings. The van der Waals surface area contributed by atoms with Crippen molar-refractivity contribution in [3.63, 3.8) is 0 Å². The zero-order valence-electron chi connectivity index (χ0n) is 10.4. The van der Waals surface area contributed by atoms with E-state index in [2.05, 4.69) is 51.4 Å². The maximum Gasteiger partial charge on any atom is 0.0771 e. The molecule has 1 rings (SSSR count). The first-order chi connectivity index (χ1) is 5.71. The Balaban J connectivity index is 0.00000169. The largest absolute Gasteiger partial charge is 0.0816 e. The molecule has 0 spiro atoms. The van der Waals surface area contributed by atoms with Crippen LogP contribution in [0.5, 0.6) is 0 Å². The molecule has 0 bridgehead atoms. The summed E-state index contributed by atoms with van der Waals surface area (Å²) in [4.78, 5) is 0. The fraction of sp³-hybridized carbons (Fsp3) is 0.636. The molecular formula is C11H22Si2Zr. The quantitative estimate of drug-likeness (QED) is 0.676. The maximum atomic E-state index is 2.51. The Bertz CT molecular complexity index is 264. The van der Waals surface area contributed by atoms with Gasteiger partial charge in [0, 0.05) is 26.2 Å². The monoisotopic (exact) mass is 300 g/mol. The van der Waals surface area contributed by atoms with Crippen molar-refractivity contribution < 1.29 is 26.2 Å². The molecule has 14 heavy (non-hydrogen) atoms. The molecule has 78 valence electrons. The number of rotatable bonds is 2. The van der Waals surface area contributed by atoms with Gasteiger partial charge < -0.3 is 0 Å². The Hall–Kier alpha value is 0.797. The molecule has 0 fully saturated rings. The molecule has 0 unspecified atom stereocenters. The van der Waals surface area contributed by atoms with Crippen molar-refractivity contribution in [2.24, 2.45) is 0 Å². The number of hydrogen-bond donors (Lipinski definition) is 0. The van der Waals surface area contributed by atoms with Crippen molar-refractivity contribution in [2.45, 2.75) is 45.7 Å². The zero-order valence-corrected chi connectivity index (χ0v) is 14.8. The first-order valence-electron chi connectivity index (χ1n) is 5.13. The Morgan fingerprint density at radius 1 is 0.929 bits per heavy atom. The van der Waals surface area contributed by atoms with Gasteiger partial charge in [-0.3, -0.25) is 0 Å². The predicted molar refractivity (Wildman–Crippen MR) is 67.5 cm³/mol. The third-order valence-corrected chi connectivity index (χ3v) is 7.06. The first-order valence-corrected chi connectivity index (χ1v) is 12.1. The number of hydrogen-bond acceptors (Lipinski definition) is 0. The fourth-order valence-electron chi connectivity index (χ4n) is 1.57. The van der Waals surface area contributed by atoms with Gasteiger partial charge in [0.1, 0.15) is 0 Å². The summed E-state index contributed by atoms with van der Waals surface area (Å²) in [5, 5.41) is 3.41. The van der Waals surface area contributed by atoms with Crippen molar-refractivity contribution in [3.8, 4) is 0 Å². The molecular weight excluding hydrogens is 280 g/mol. The summed E-state index contributed by atoms with van der Waals surface area (Å²) in [6, 6.07) is 0. The van der Waals surface area contributed by atoms with Crippen LogP contribution in [-0.2, 0) is 26.2 Å². The normalized spacial score (nSPS) is 17.3. The summed E-state index contributed by atoms with van der Waals surface area (Å²) in [5.74, 6) is 0. The van der Waals surface area contributed by atoms with Gasteiger partial charge in [-0.15, -0.1) is 0 Å². The van der Waals surface area contributed by atoms with Crippen LogP contribution < -0.4 is 0 Å².